The molecule has 0 aliphatic rings. The van der Waals surface area contributed by atoms with Crippen molar-refractivity contribution in [3.8, 4) is 11.8 Å². The van der Waals surface area contributed by atoms with Gasteiger partial charge in [-0.2, -0.15) is 5.26 Å². The summed E-state index contributed by atoms with van der Waals surface area (Å²) < 4.78 is 11.1. The molecule has 0 aliphatic heterocycles. The van der Waals surface area contributed by atoms with Crippen molar-refractivity contribution in [2.45, 2.75) is 13.2 Å². The van der Waals surface area contributed by atoms with Gasteiger partial charge in [0.15, 0.2) is 5.69 Å². The lowest BCUT2D eigenvalue weighted by atomic mass is 10.1. The quantitative estimate of drug-likeness (QED) is 0.517. The number of carboxylic acid groups (broad SMARTS) is 1. The van der Waals surface area contributed by atoms with Crippen LogP contribution in [-0.2, 0) is 18.0 Å². The molecule has 2 aromatic heterocycles. The van der Waals surface area contributed by atoms with E-state index in [4.69, 9.17) is 14.7 Å². The molecule has 7 nitrogen and oxygen atoms in total. The second kappa shape index (κ2) is 7.62. The molecule has 4 rings (SSSR count). The van der Waals surface area contributed by atoms with Crippen molar-refractivity contribution in [1.82, 2.24) is 9.97 Å². The maximum absolute atomic E-state index is 11.6. The van der Waals surface area contributed by atoms with Gasteiger partial charge < -0.3 is 19.6 Å². The molecule has 29 heavy (non-hydrogen) atoms. The topological polar surface area (TPSA) is 108 Å². The summed E-state index contributed by atoms with van der Waals surface area (Å²) in [6.07, 6.45) is 1.52. The molecular formula is C22H17N3O4. The Kier molecular flexibility index (Phi) is 4.85. The van der Waals surface area contributed by atoms with Crippen molar-refractivity contribution in [1.29, 1.82) is 5.26 Å². The number of pyridine rings is 1. The van der Waals surface area contributed by atoms with Crippen molar-refractivity contribution in [3.05, 3.63) is 71.0 Å². The number of H-pyrrole nitrogens is 1. The predicted octanol–water partition coefficient (Wildman–Crippen LogP) is 4.01. The fourth-order valence-electron chi connectivity index (χ4n) is 3.34. The van der Waals surface area contributed by atoms with Crippen LogP contribution in [0.2, 0.25) is 0 Å². The van der Waals surface area contributed by atoms with E-state index >= 15 is 0 Å². The summed E-state index contributed by atoms with van der Waals surface area (Å²) in [5, 5.41) is 20.0. The highest BCUT2D eigenvalue weighted by Crippen LogP contribution is 2.32. The maximum atomic E-state index is 11.6. The third-order valence-electron chi connectivity index (χ3n) is 4.69. The molecule has 2 N–H and O–H groups in total. The minimum atomic E-state index is -1.10. The Hall–Kier alpha value is -3.89. The van der Waals surface area contributed by atoms with E-state index in [2.05, 4.69) is 16.0 Å². The Morgan fingerprint density at radius 1 is 1.17 bits per heavy atom. The molecule has 0 saturated heterocycles. The van der Waals surface area contributed by atoms with E-state index in [1.807, 2.05) is 30.3 Å². The number of aromatic carboxylic acids is 1. The summed E-state index contributed by atoms with van der Waals surface area (Å²) in [6.45, 7) is 0.488. The fourth-order valence-corrected chi connectivity index (χ4v) is 3.34. The minimum absolute atomic E-state index is 0.0239. The van der Waals surface area contributed by atoms with E-state index in [1.165, 1.54) is 13.3 Å². The first-order valence-electron chi connectivity index (χ1n) is 8.88. The van der Waals surface area contributed by atoms with Crippen LogP contribution in [0.3, 0.4) is 0 Å². The van der Waals surface area contributed by atoms with E-state index in [-0.39, 0.29) is 12.3 Å². The third-order valence-corrected chi connectivity index (χ3v) is 4.69. The summed E-state index contributed by atoms with van der Waals surface area (Å²) in [7, 11) is 1.52. The SMILES string of the molecule is COCc1c(C(=O)O)ncc2[nH]c3ccc(OCc4ccc(C#N)cc4)cc3c12. The summed E-state index contributed by atoms with van der Waals surface area (Å²) >= 11 is 0. The lowest BCUT2D eigenvalue weighted by Gasteiger charge is -2.08. The van der Waals surface area contributed by atoms with Crippen molar-refractivity contribution >= 4 is 27.8 Å². The predicted molar refractivity (Wildman–Crippen MR) is 107 cm³/mol. The Labute approximate surface area is 166 Å². The lowest BCUT2D eigenvalue weighted by molar-refractivity contribution is 0.0685. The van der Waals surface area contributed by atoms with Crippen LogP contribution >= 0.6 is 0 Å². The number of ether oxygens (including phenoxy) is 2. The summed E-state index contributed by atoms with van der Waals surface area (Å²) in [5.41, 5.74) is 3.63. The third kappa shape index (κ3) is 3.49. The van der Waals surface area contributed by atoms with Gasteiger partial charge in [-0.25, -0.2) is 9.78 Å². The highest BCUT2D eigenvalue weighted by molar-refractivity contribution is 6.11. The normalized spacial score (nSPS) is 10.9. The van der Waals surface area contributed by atoms with Crippen LogP contribution < -0.4 is 4.74 Å². The zero-order valence-electron chi connectivity index (χ0n) is 15.6. The molecule has 0 bridgehead atoms. The molecule has 0 atom stereocenters. The molecule has 0 amide bonds. The van der Waals surface area contributed by atoms with Gasteiger partial charge in [0.2, 0.25) is 0 Å². The molecular weight excluding hydrogens is 370 g/mol. The largest absolute Gasteiger partial charge is 0.489 e. The number of nitrogens with one attached hydrogen (secondary N) is 1. The number of carboxylic acids is 1. The van der Waals surface area contributed by atoms with Crippen LogP contribution in [0.25, 0.3) is 21.8 Å². The van der Waals surface area contributed by atoms with E-state index in [1.54, 1.807) is 12.1 Å². The van der Waals surface area contributed by atoms with Gasteiger partial charge in [0.1, 0.15) is 12.4 Å². The smallest absolute Gasteiger partial charge is 0.354 e. The highest BCUT2D eigenvalue weighted by atomic mass is 16.5. The molecule has 2 aromatic carbocycles. The zero-order valence-corrected chi connectivity index (χ0v) is 15.6. The highest BCUT2D eigenvalue weighted by Gasteiger charge is 2.19. The van der Waals surface area contributed by atoms with Crippen LogP contribution in [0.4, 0.5) is 0 Å². The first kappa shape index (κ1) is 18.5. The van der Waals surface area contributed by atoms with Crippen LogP contribution in [0.1, 0.15) is 27.2 Å². The lowest BCUT2D eigenvalue weighted by Crippen LogP contribution is -2.07. The number of aromatic amines is 1. The molecule has 0 unspecified atom stereocenters. The number of rotatable bonds is 6. The van der Waals surface area contributed by atoms with Gasteiger partial charge in [-0.1, -0.05) is 12.1 Å². The Balaban J connectivity index is 1.73. The van der Waals surface area contributed by atoms with E-state index in [9.17, 15) is 9.90 Å². The van der Waals surface area contributed by atoms with Gasteiger partial charge in [-0.3, -0.25) is 0 Å². The molecule has 4 aromatic rings. The van der Waals surface area contributed by atoms with Gasteiger partial charge in [0.05, 0.1) is 30.0 Å². The minimum Gasteiger partial charge on any atom is -0.489 e. The average Bonchev–Trinajstić information content (AvgIpc) is 3.11. The molecule has 0 spiro atoms. The number of nitriles is 1. The second-order valence-electron chi connectivity index (χ2n) is 6.54. The zero-order chi connectivity index (χ0) is 20.4. The summed E-state index contributed by atoms with van der Waals surface area (Å²) in [4.78, 5) is 18.9. The van der Waals surface area contributed by atoms with E-state index < -0.39 is 5.97 Å². The molecule has 2 heterocycles. The monoisotopic (exact) mass is 387 g/mol. The van der Waals surface area contributed by atoms with E-state index in [0.29, 0.717) is 23.5 Å². The van der Waals surface area contributed by atoms with Crippen molar-refractivity contribution in [2.24, 2.45) is 0 Å². The summed E-state index contributed by atoms with van der Waals surface area (Å²) in [5.74, 6) is -0.443. The number of fused-ring (bicyclic) bond motifs is 3. The number of hydrogen-bond donors (Lipinski definition) is 2. The summed E-state index contributed by atoms with van der Waals surface area (Å²) in [6, 6.07) is 14.9. The van der Waals surface area contributed by atoms with E-state index in [0.717, 1.165) is 27.4 Å². The van der Waals surface area contributed by atoms with Gasteiger partial charge in [-0.05, 0) is 35.9 Å². The second-order valence-corrected chi connectivity index (χ2v) is 6.54. The Morgan fingerprint density at radius 3 is 2.66 bits per heavy atom. The first-order chi connectivity index (χ1) is 14.1. The van der Waals surface area contributed by atoms with Crippen LogP contribution in [-0.4, -0.2) is 28.2 Å². The molecule has 0 saturated carbocycles. The van der Waals surface area contributed by atoms with Crippen LogP contribution in [0, 0.1) is 11.3 Å². The van der Waals surface area contributed by atoms with Crippen LogP contribution in [0.15, 0.2) is 48.7 Å². The average molecular weight is 387 g/mol. The van der Waals surface area contributed by atoms with Gasteiger partial charge in [-0.15, -0.1) is 0 Å². The number of aromatic nitrogens is 2. The van der Waals surface area contributed by atoms with Crippen molar-refractivity contribution in [2.75, 3.05) is 7.11 Å². The number of nitrogens with zero attached hydrogens (tertiary/aromatic N) is 2. The fraction of sp³-hybridized carbons (Fsp3) is 0.136. The molecule has 0 fully saturated rings. The number of hydrogen-bond acceptors (Lipinski definition) is 5. The number of benzene rings is 2. The number of methoxy groups -OCH3 is 1. The molecule has 144 valence electrons. The van der Waals surface area contributed by atoms with Crippen LogP contribution in [0.5, 0.6) is 5.75 Å². The van der Waals surface area contributed by atoms with Crippen molar-refractivity contribution < 1.29 is 19.4 Å². The van der Waals surface area contributed by atoms with Gasteiger partial charge >= 0.3 is 5.97 Å². The number of carbonyl (C=O) groups is 1. The Morgan fingerprint density at radius 2 is 1.97 bits per heavy atom. The van der Waals surface area contributed by atoms with Gasteiger partial charge in [0.25, 0.3) is 0 Å². The standard InChI is InChI=1S/C22H17N3O4/c1-28-12-17-20-16-8-15(29-11-14-4-2-13(9-23)3-5-14)6-7-18(16)25-19(20)10-24-21(17)22(26)27/h2-8,10,25H,11-12H2,1H3,(H,26,27). The Bertz CT molecular complexity index is 1250. The molecule has 7 heteroatoms. The molecule has 0 aliphatic carbocycles. The van der Waals surface area contributed by atoms with Crippen molar-refractivity contribution in [3.63, 3.8) is 0 Å². The first-order valence-corrected chi connectivity index (χ1v) is 8.88. The maximum Gasteiger partial charge on any atom is 0.354 e. The molecule has 0 radical (unpaired) electrons. The van der Waals surface area contributed by atoms with Gasteiger partial charge in [0, 0.05) is 29.0 Å².